The summed E-state index contributed by atoms with van der Waals surface area (Å²) in [6.45, 7) is 2.65. The minimum atomic E-state index is 0.0798. The first-order chi connectivity index (χ1) is 13.3. The molecule has 0 spiro atoms. The number of hydrogen-bond donors (Lipinski definition) is 1. The number of fused-ring (bicyclic) bond motifs is 1. The number of imidazole rings is 1. The molecule has 1 N–H and O–H groups in total. The summed E-state index contributed by atoms with van der Waals surface area (Å²) >= 11 is 0. The van der Waals surface area contributed by atoms with Crippen LogP contribution in [0.25, 0.3) is 11.0 Å². The lowest BCUT2D eigenvalue weighted by Crippen LogP contribution is -2.38. The van der Waals surface area contributed by atoms with E-state index in [1.54, 1.807) is 0 Å². The van der Waals surface area contributed by atoms with E-state index < -0.39 is 0 Å². The van der Waals surface area contributed by atoms with Gasteiger partial charge in [-0.25, -0.2) is 4.98 Å². The van der Waals surface area contributed by atoms with Crippen molar-refractivity contribution in [1.29, 1.82) is 0 Å². The summed E-state index contributed by atoms with van der Waals surface area (Å²) in [6, 6.07) is 5.50. The van der Waals surface area contributed by atoms with Gasteiger partial charge in [-0.1, -0.05) is 6.42 Å². The highest BCUT2D eigenvalue weighted by Gasteiger charge is 2.28. The summed E-state index contributed by atoms with van der Waals surface area (Å²) in [4.78, 5) is 19.5. The molecule has 3 aromatic rings. The lowest BCUT2D eigenvalue weighted by Gasteiger charge is -2.33. The Morgan fingerprint density at radius 3 is 2.70 bits per heavy atom. The maximum Gasteiger partial charge on any atom is 0.253 e. The van der Waals surface area contributed by atoms with E-state index >= 15 is 0 Å². The van der Waals surface area contributed by atoms with Crippen molar-refractivity contribution in [3.8, 4) is 0 Å². The Hall–Kier alpha value is -2.70. The zero-order valence-electron chi connectivity index (χ0n) is 15.3. The van der Waals surface area contributed by atoms with Gasteiger partial charge >= 0.3 is 0 Å². The van der Waals surface area contributed by atoms with Gasteiger partial charge in [0.15, 0.2) is 0 Å². The SMILES string of the molecule is O=C(c1ccc2n[nH]nc2c1)N1CCC(c2nccn2CC2CCC2)CC1. The summed E-state index contributed by atoms with van der Waals surface area (Å²) < 4.78 is 2.35. The highest BCUT2D eigenvalue weighted by Crippen LogP contribution is 2.32. The summed E-state index contributed by atoms with van der Waals surface area (Å²) in [5, 5.41) is 10.7. The Morgan fingerprint density at radius 1 is 1.11 bits per heavy atom. The van der Waals surface area contributed by atoms with Crippen LogP contribution in [-0.2, 0) is 6.54 Å². The summed E-state index contributed by atoms with van der Waals surface area (Å²) in [6.07, 6.45) is 10.1. The first-order valence-corrected chi connectivity index (χ1v) is 9.89. The van der Waals surface area contributed by atoms with Crippen molar-refractivity contribution >= 4 is 16.9 Å². The van der Waals surface area contributed by atoms with E-state index in [4.69, 9.17) is 0 Å². The number of rotatable bonds is 4. The first-order valence-electron chi connectivity index (χ1n) is 9.89. The Labute approximate surface area is 157 Å². The van der Waals surface area contributed by atoms with Crippen molar-refractivity contribution in [3.05, 3.63) is 42.0 Å². The number of carbonyl (C=O) groups is 1. The molecule has 0 radical (unpaired) electrons. The molecular weight excluding hydrogens is 340 g/mol. The van der Waals surface area contributed by atoms with Crippen LogP contribution in [0.2, 0.25) is 0 Å². The van der Waals surface area contributed by atoms with Crippen molar-refractivity contribution in [2.24, 2.45) is 5.92 Å². The van der Waals surface area contributed by atoms with Gasteiger partial charge < -0.3 is 9.47 Å². The zero-order chi connectivity index (χ0) is 18.2. The van der Waals surface area contributed by atoms with Crippen LogP contribution in [-0.4, -0.2) is 48.9 Å². The fraction of sp³-hybridized carbons (Fsp3) is 0.500. The van der Waals surface area contributed by atoms with Crippen LogP contribution >= 0.6 is 0 Å². The topological polar surface area (TPSA) is 79.7 Å². The van der Waals surface area contributed by atoms with Crippen molar-refractivity contribution < 1.29 is 4.79 Å². The Morgan fingerprint density at radius 2 is 1.93 bits per heavy atom. The van der Waals surface area contributed by atoms with Gasteiger partial charge in [0, 0.05) is 43.5 Å². The predicted molar refractivity (Wildman–Crippen MR) is 101 cm³/mol. The molecule has 140 valence electrons. The highest BCUT2D eigenvalue weighted by atomic mass is 16.2. The number of aromatic nitrogens is 5. The maximum absolute atomic E-state index is 12.9. The van der Waals surface area contributed by atoms with Gasteiger partial charge in [0.2, 0.25) is 0 Å². The van der Waals surface area contributed by atoms with Gasteiger partial charge in [-0.2, -0.15) is 15.4 Å². The molecule has 1 aromatic carbocycles. The summed E-state index contributed by atoms with van der Waals surface area (Å²) in [7, 11) is 0. The lowest BCUT2D eigenvalue weighted by molar-refractivity contribution is 0.0710. The number of H-pyrrole nitrogens is 1. The fourth-order valence-electron chi connectivity index (χ4n) is 4.29. The van der Waals surface area contributed by atoms with Gasteiger partial charge in [-0.3, -0.25) is 4.79 Å². The normalized spacial score (nSPS) is 18.7. The molecule has 2 aromatic heterocycles. The third-order valence-electron chi connectivity index (χ3n) is 6.14. The van der Waals surface area contributed by atoms with Gasteiger partial charge in [0.1, 0.15) is 16.9 Å². The molecule has 2 aliphatic rings. The number of likely N-dealkylation sites (tertiary alicyclic amines) is 1. The molecule has 27 heavy (non-hydrogen) atoms. The number of nitrogens with one attached hydrogen (secondary N) is 1. The van der Waals surface area contributed by atoms with E-state index in [0.29, 0.717) is 11.5 Å². The van der Waals surface area contributed by atoms with Crippen LogP contribution in [0.5, 0.6) is 0 Å². The van der Waals surface area contributed by atoms with E-state index in [1.807, 2.05) is 29.3 Å². The molecule has 1 aliphatic carbocycles. The second-order valence-electron chi connectivity index (χ2n) is 7.83. The van der Waals surface area contributed by atoms with Gasteiger partial charge in [-0.05, 0) is 49.8 Å². The quantitative estimate of drug-likeness (QED) is 0.772. The molecule has 0 atom stereocenters. The second-order valence-corrected chi connectivity index (χ2v) is 7.83. The van der Waals surface area contributed by atoms with E-state index in [9.17, 15) is 4.79 Å². The predicted octanol–water partition coefficient (Wildman–Crippen LogP) is 2.97. The Kier molecular flexibility index (Phi) is 4.14. The molecule has 0 bridgehead atoms. The second kappa shape index (κ2) is 6.79. The van der Waals surface area contributed by atoms with Crippen molar-refractivity contribution in [2.45, 2.75) is 44.6 Å². The Balaban J connectivity index is 1.24. The molecule has 5 rings (SSSR count). The van der Waals surface area contributed by atoms with Crippen LogP contribution in [0.3, 0.4) is 0 Å². The number of nitrogens with zero attached hydrogens (tertiary/aromatic N) is 5. The van der Waals surface area contributed by atoms with Gasteiger partial charge in [-0.15, -0.1) is 0 Å². The van der Waals surface area contributed by atoms with Crippen LogP contribution in [0.4, 0.5) is 0 Å². The smallest absolute Gasteiger partial charge is 0.253 e. The number of piperidine rings is 1. The van der Waals surface area contributed by atoms with Gasteiger partial charge in [0.25, 0.3) is 5.91 Å². The first kappa shape index (κ1) is 16.5. The van der Waals surface area contributed by atoms with E-state index in [0.717, 1.165) is 49.4 Å². The van der Waals surface area contributed by atoms with Crippen LogP contribution in [0.1, 0.15) is 54.2 Å². The zero-order valence-corrected chi connectivity index (χ0v) is 15.3. The molecular formula is C20H24N6O. The molecule has 7 heteroatoms. The molecule has 2 fully saturated rings. The van der Waals surface area contributed by atoms with Crippen LogP contribution < -0.4 is 0 Å². The van der Waals surface area contributed by atoms with Crippen molar-refractivity contribution in [3.63, 3.8) is 0 Å². The summed E-state index contributed by atoms with van der Waals surface area (Å²) in [5.74, 6) is 2.56. The Bertz CT molecular complexity index is 948. The number of benzene rings is 1. The standard InChI is InChI=1S/C20H24N6O/c27-20(16-4-5-17-18(12-16)23-24-22-17)25-9-6-15(7-10-25)19-21-8-11-26(19)13-14-2-1-3-14/h4-5,8,11-12,14-15H,1-3,6-7,9-10,13H2,(H,22,23,24). The third kappa shape index (κ3) is 3.11. The fourth-order valence-corrected chi connectivity index (χ4v) is 4.29. The minimum absolute atomic E-state index is 0.0798. The maximum atomic E-state index is 12.9. The third-order valence-corrected chi connectivity index (χ3v) is 6.14. The minimum Gasteiger partial charge on any atom is -0.339 e. The molecule has 1 saturated carbocycles. The monoisotopic (exact) mass is 364 g/mol. The van der Waals surface area contributed by atoms with Crippen LogP contribution in [0, 0.1) is 5.92 Å². The van der Waals surface area contributed by atoms with Crippen LogP contribution in [0.15, 0.2) is 30.6 Å². The van der Waals surface area contributed by atoms with E-state index in [1.165, 1.54) is 25.1 Å². The summed E-state index contributed by atoms with van der Waals surface area (Å²) in [5.41, 5.74) is 2.19. The molecule has 1 amide bonds. The van der Waals surface area contributed by atoms with Crippen molar-refractivity contribution in [2.75, 3.05) is 13.1 Å². The average Bonchev–Trinajstić information content (AvgIpc) is 3.32. The van der Waals surface area contributed by atoms with E-state index in [-0.39, 0.29) is 5.91 Å². The number of amides is 1. The molecule has 3 heterocycles. The average molecular weight is 364 g/mol. The lowest BCUT2D eigenvalue weighted by atomic mass is 9.85. The van der Waals surface area contributed by atoms with E-state index in [2.05, 4.69) is 31.2 Å². The molecule has 0 unspecified atom stereocenters. The number of aromatic amines is 1. The van der Waals surface area contributed by atoms with Gasteiger partial charge in [0.05, 0.1) is 0 Å². The highest BCUT2D eigenvalue weighted by molar-refractivity contribution is 5.97. The molecule has 7 nitrogen and oxygen atoms in total. The number of carbonyl (C=O) groups excluding carboxylic acids is 1. The van der Waals surface area contributed by atoms with Crippen molar-refractivity contribution in [1.82, 2.24) is 29.9 Å². The number of hydrogen-bond acceptors (Lipinski definition) is 4. The molecule has 1 saturated heterocycles. The molecule has 1 aliphatic heterocycles. The largest absolute Gasteiger partial charge is 0.339 e.